The molecule has 0 saturated heterocycles. The van der Waals surface area contributed by atoms with Gasteiger partial charge in [-0.25, -0.2) is 0 Å². The van der Waals surface area contributed by atoms with Gasteiger partial charge in [-0.2, -0.15) is 0 Å². The van der Waals surface area contributed by atoms with E-state index < -0.39 is 0 Å². The van der Waals surface area contributed by atoms with Gasteiger partial charge in [0.1, 0.15) is 0 Å². The number of likely N-dealkylation sites (N-methyl/N-ethyl adjacent to an activating group) is 1. The van der Waals surface area contributed by atoms with E-state index in [0.717, 1.165) is 12.6 Å². The van der Waals surface area contributed by atoms with E-state index in [1.165, 1.54) is 45.2 Å². The number of hydrogen-bond donors (Lipinski definition) is 1. The Labute approximate surface area is 95.4 Å². The van der Waals surface area contributed by atoms with Gasteiger partial charge in [0.15, 0.2) is 0 Å². The highest BCUT2D eigenvalue weighted by molar-refractivity contribution is 4.86. The Kier molecular flexibility index (Phi) is 6.26. The summed E-state index contributed by atoms with van der Waals surface area (Å²) < 4.78 is 0. The largest absolute Gasteiger partial charge is 0.313 e. The van der Waals surface area contributed by atoms with Gasteiger partial charge in [-0.1, -0.05) is 27.2 Å². The zero-order valence-corrected chi connectivity index (χ0v) is 10.8. The highest BCUT2D eigenvalue weighted by Gasteiger charge is 2.29. The van der Waals surface area contributed by atoms with Gasteiger partial charge in [0.05, 0.1) is 0 Å². The maximum atomic E-state index is 3.58. The molecule has 1 fully saturated rings. The van der Waals surface area contributed by atoms with E-state index in [2.05, 4.69) is 31.0 Å². The molecule has 0 aliphatic heterocycles. The summed E-state index contributed by atoms with van der Waals surface area (Å²) in [4.78, 5) is 2.71. The fourth-order valence-corrected chi connectivity index (χ4v) is 2.13. The summed E-state index contributed by atoms with van der Waals surface area (Å²) in [5.74, 6) is 0. The molecule has 0 amide bonds. The average Bonchev–Trinajstić information content (AvgIpc) is 3.06. The number of hydrogen-bond acceptors (Lipinski definition) is 2. The minimum Gasteiger partial charge on any atom is -0.313 e. The summed E-state index contributed by atoms with van der Waals surface area (Å²) in [7, 11) is 0. The van der Waals surface area contributed by atoms with E-state index >= 15 is 0 Å². The van der Waals surface area contributed by atoms with Gasteiger partial charge >= 0.3 is 0 Å². The van der Waals surface area contributed by atoms with Crippen LogP contribution in [0.1, 0.15) is 52.9 Å². The first-order valence-electron chi connectivity index (χ1n) is 6.79. The van der Waals surface area contributed by atoms with Crippen LogP contribution in [0.3, 0.4) is 0 Å². The minimum absolute atomic E-state index is 0.701. The van der Waals surface area contributed by atoms with Crippen LogP contribution in [-0.4, -0.2) is 36.6 Å². The second-order valence-corrected chi connectivity index (χ2v) is 4.74. The predicted molar refractivity (Wildman–Crippen MR) is 67.3 cm³/mol. The molecule has 15 heavy (non-hydrogen) atoms. The average molecular weight is 212 g/mol. The molecule has 0 aromatic carbocycles. The van der Waals surface area contributed by atoms with Crippen LogP contribution in [-0.2, 0) is 0 Å². The van der Waals surface area contributed by atoms with Crippen LogP contribution in [0.4, 0.5) is 0 Å². The second-order valence-electron chi connectivity index (χ2n) is 4.74. The van der Waals surface area contributed by atoms with E-state index in [1.807, 2.05) is 0 Å². The third-order valence-electron chi connectivity index (χ3n) is 3.30. The van der Waals surface area contributed by atoms with Crippen LogP contribution in [0.15, 0.2) is 0 Å². The molecule has 0 spiro atoms. The van der Waals surface area contributed by atoms with Gasteiger partial charge < -0.3 is 5.32 Å². The molecule has 1 saturated carbocycles. The molecule has 1 aliphatic carbocycles. The molecule has 0 aromatic rings. The smallest absolute Gasteiger partial charge is 0.0192 e. The molecule has 2 heteroatoms. The third-order valence-corrected chi connectivity index (χ3v) is 3.30. The predicted octanol–water partition coefficient (Wildman–Crippen LogP) is 2.64. The van der Waals surface area contributed by atoms with Gasteiger partial charge in [0.2, 0.25) is 0 Å². The summed E-state index contributed by atoms with van der Waals surface area (Å²) in [6.45, 7) is 10.4. The van der Waals surface area contributed by atoms with E-state index in [9.17, 15) is 0 Å². The summed E-state index contributed by atoms with van der Waals surface area (Å²) in [5.41, 5.74) is 0. The number of unbranched alkanes of at least 4 members (excludes halogenated alkanes) is 1. The summed E-state index contributed by atoms with van der Waals surface area (Å²) in [6, 6.07) is 1.62. The molecule has 1 atom stereocenters. The van der Waals surface area contributed by atoms with Gasteiger partial charge in [-0.3, -0.25) is 4.90 Å². The zero-order valence-electron chi connectivity index (χ0n) is 10.8. The first-order valence-corrected chi connectivity index (χ1v) is 6.79. The van der Waals surface area contributed by atoms with E-state index in [1.54, 1.807) is 0 Å². The van der Waals surface area contributed by atoms with Crippen LogP contribution in [0.2, 0.25) is 0 Å². The first-order chi connectivity index (χ1) is 7.31. The van der Waals surface area contributed by atoms with Crippen LogP contribution >= 0.6 is 0 Å². The summed E-state index contributed by atoms with van der Waals surface area (Å²) in [6.07, 6.45) is 6.81. The van der Waals surface area contributed by atoms with Crippen molar-refractivity contribution in [2.24, 2.45) is 0 Å². The quantitative estimate of drug-likeness (QED) is 0.632. The van der Waals surface area contributed by atoms with Crippen LogP contribution in [0.25, 0.3) is 0 Å². The molecule has 0 radical (unpaired) electrons. The SMILES string of the molecule is CCCCN(CC(CC)NCC)C1CC1. The second kappa shape index (κ2) is 7.24. The van der Waals surface area contributed by atoms with Crippen molar-refractivity contribution in [3.63, 3.8) is 0 Å². The van der Waals surface area contributed by atoms with Crippen molar-refractivity contribution < 1.29 is 0 Å². The Hall–Kier alpha value is -0.0800. The van der Waals surface area contributed by atoms with Crippen molar-refractivity contribution in [2.75, 3.05) is 19.6 Å². The molecule has 0 aromatic heterocycles. The number of nitrogens with zero attached hydrogens (tertiary/aromatic N) is 1. The van der Waals surface area contributed by atoms with Crippen LogP contribution < -0.4 is 5.32 Å². The fraction of sp³-hybridized carbons (Fsp3) is 1.00. The molecule has 1 aliphatic rings. The third kappa shape index (κ3) is 4.98. The van der Waals surface area contributed by atoms with Crippen LogP contribution in [0, 0.1) is 0 Å². The Morgan fingerprint density at radius 2 is 2.00 bits per heavy atom. The standard InChI is InChI=1S/C13H28N2/c1-4-7-10-15(13-8-9-13)11-12(5-2)14-6-3/h12-14H,4-11H2,1-3H3. The maximum absolute atomic E-state index is 3.58. The van der Waals surface area contributed by atoms with E-state index in [0.29, 0.717) is 6.04 Å². The molecular formula is C13H28N2. The van der Waals surface area contributed by atoms with E-state index in [4.69, 9.17) is 0 Å². The van der Waals surface area contributed by atoms with Gasteiger partial charge in [0, 0.05) is 18.6 Å². The Bertz CT molecular complexity index is 155. The normalized spacial score (nSPS) is 18.4. The van der Waals surface area contributed by atoms with Crippen molar-refractivity contribution in [3.05, 3.63) is 0 Å². The van der Waals surface area contributed by atoms with Crippen molar-refractivity contribution in [3.8, 4) is 0 Å². The Balaban J connectivity index is 2.27. The highest BCUT2D eigenvalue weighted by Crippen LogP contribution is 2.27. The molecule has 0 bridgehead atoms. The van der Waals surface area contributed by atoms with Gasteiger partial charge in [0.25, 0.3) is 0 Å². The Morgan fingerprint density at radius 3 is 2.47 bits per heavy atom. The molecule has 2 nitrogen and oxygen atoms in total. The molecule has 0 heterocycles. The summed E-state index contributed by atoms with van der Waals surface area (Å²) in [5, 5.41) is 3.58. The van der Waals surface area contributed by atoms with E-state index in [-0.39, 0.29) is 0 Å². The number of rotatable bonds is 9. The minimum atomic E-state index is 0.701. The topological polar surface area (TPSA) is 15.3 Å². The number of nitrogens with one attached hydrogen (secondary N) is 1. The van der Waals surface area contributed by atoms with Crippen molar-refractivity contribution in [2.45, 2.75) is 65.0 Å². The lowest BCUT2D eigenvalue weighted by Crippen LogP contribution is -2.42. The zero-order chi connectivity index (χ0) is 11.1. The summed E-state index contributed by atoms with van der Waals surface area (Å²) >= 11 is 0. The Morgan fingerprint density at radius 1 is 1.27 bits per heavy atom. The van der Waals surface area contributed by atoms with Gasteiger partial charge in [-0.15, -0.1) is 0 Å². The maximum Gasteiger partial charge on any atom is 0.0192 e. The van der Waals surface area contributed by atoms with Gasteiger partial charge in [-0.05, 0) is 38.8 Å². The molecule has 1 rings (SSSR count). The monoisotopic (exact) mass is 212 g/mol. The molecular weight excluding hydrogens is 184 g/mol. The fourth-order valence-electron chi connectivity index (χ4n) is 2.13. The first kappa shape index (κ1) is 13.0. The highest BCUT2D eigenvalue weighted by atomic mass is 15.2. The van der Waals surface area contributed by atoms with Crippen molar-refractivity contribution >= 4 is 0 Å². The van der Waals surface area contributed by atoms with Crippen molar-refractivity contribution in [1.29, 1.82) is 0 Å². The molecule has 90 valence electrons. The molecule has 1 N–H and O–H groups in total. The van der Waals surface area contributed by atoms with Crippen LogP contribution in [0.5, 0.6) is 0 Å². The lowest BCUT2D eigenvalue weighted by atomic mass is 10.2. The lowest BCUT2D eigenvalue weighted by Gasteiger charge is -2.27. The lowest BCUT2D eigenvalue weighted by molar-refractivity contribution is 0.227. The van der Waals surface area contributed by atoms with Crippen molar-refractivity contribution in [1.82, 2.24) is 10.2 Å². The molecule has 1 unspecified atom stereocenters.